The Morgan fingerprint density at radius 2 is 1.69 bits per heavy atom. The molecule has 4 unspecified atom stereocenters. The van der Waals surface area contributed by atoms with Crippen LogP contribution in [0.5, 0.6) is 0 Å². The Morgan fingerprint density at radius 1 is 1.06 bits per heavy atom. The average Bonchev–Trinajstić information content (AvgIpc) is 2.93. The molecule has 92 valence electrons. The zero-order valence-corrected chi connectivity index (χ0v) is 11.6. The predicted molar refractivity (Wildman–Crippen MR) is 65.0 cm³/mol. The Balaban J connectivity index is 2.11. The van der Waals surface area contributed by atoms with Gasteiger partial charge in [-0.05, 0) is 30.6 Å². The second-order valence-corrected chi connectivity index (χ2v) is 8.29. The van der Waals surface area contributed by atoms with Gasteiger partial charge < -0.3 is 13.3 Å². The van der Waals surface area contributed by atoms with Crippen LogP contribution < -0.4 is 0 Å². The topological polar surface area (TPSA) is 27.7 Å². The maximum atomic E-state index is 5.59. The van der Waals surface area contributed by atoms with Gasteiger partial charge in [-0.25, -0.2) is 0 Å². The predicted octanol–water partition coefficient (Wildman–Crippen LogP) is 2.47. The first-order valence-corrected chi connectivity index (χ1v) is 7.80. The smallest absolute Gasteiger partial charge is 0.377 e. The Morgan fingerprint density at radius 3 is 2.06 bits per heavy atom. The van der Waals surface area contributed by atoms with E-state index in [-0.39, 0.29) is 0 Å². The first-order chi connectivity index (χ1) is 7.66. The lowest BCUT2D eigenvalue weighted by Gasteiger charge is -2.36. The molecule has 2 aliphatic rings. The van der Waals surface area contributed by atoms with Gasteiger partial charge in [0.1, 0.15) is 0 Å². The van der Waals surface area contributed by atoms with Gasteiger partial charge in [0, 0.05) is 26.9 Å². The molecule has 0 aliphatic heterocycles. The van der Waals surface area contributed by atoms with Crippen molar-refractivity contribution in [3.05, 3.63) is 12.2 Å². The van der Waals surface area contributed by atoms with Gasteiger partial charge in [-0.15, -0.1) is 0 Å². The number of allylic oxidation sites excluding steroid dienone is 2. The first kappa shape index (κ1) is 12.3. The van der Waals surface area contributed by atoms with E-state index in [2.05, 4.69) is 19.1 Å². The molecule has 2 aliphatic carbocycles. The third-order valence-corrected chi connectivity index (χ3v) is 7.63. The van der Waals surface area contributed by atoms with E-state index in [0.717, 1.165) is 5.92 Å². The Kier molecular flexibility index (Phi) is 3.54. The van der Waals surface area contributed by atoms with E-state index in [4.69, 9.17) is 13.3 Å². The first-order valence-electron chi connectivity index (χ1n) is 6.00. The molecule has 0 aromatic heterocycles. The van der Waals surface area contributed by atoms with Crippen molar-refractivity contribution in [1.82, 2.24) is 0 Å². The minimum atomic E-state index is -2.46. The highest BCUT2D eigenvalue weighted by molar-refractivity contribution is 6.62. The summed E-state index contributed by atoms with van der Waals surface area (Å²) >= 11 is 0. The van der Waals surface area contributed by atoms with Gasteiger partial charge in [-0.1, -0.05) is 19.1 Å². The monoisotopic (exact) mass is 242 g/mol. The van der Waals surface area contributed by atoms with E-state index < -0.39 is 8.80 Å². The molecular weight excluding hydrogens is 220 g/mol. The maximum Gasteiger partial charge on any atom is 0.503 e. The molecule has 4 heteroatoms. The van der Waals surface area contributed by atoms with Crippen molar-refractivity contribution in [3.8, 4) is 0 Å². The number of hydrogen-bond acceptors (Lipinski definition) is 3. The standard InChI is InChI=1S/C12H22O3Si/c1-9(16(13-2,14-3)15-4)12-8-10-5-6-11(12)7-10/h5-6,9-12H,7-8H2,1-4H3. The molecule has 2 bridgehead atoms. The highest BCUT2D eigenvalue weighted by Crippen LogP contribution is 2.51. The molecule has 0 aromatic carbocycles. The summed E-state index contributed by atoms with van der Waals surface area (Å²) in [6, 6.07) is 0. The van der Waals surface area contributed by atoms with Crippen LogP contribution in [0.2, 0.25) is 5.54 Å². The maximum absolute atomic E-state index is 5.59. The molecule has 0 heterocycles. The largest absolute Gasteiger partial charge is 0.503 e. The molecule has 2 rings (SSSR count). The van der Waals surface area contributed by atoms with Crippen LogP contribution >= 0.6 is 0 Å². The van der Waals surface area contributed by atoms with E-state index in [1.807, 2.05) is 0 Å². The van der Waals surface area contributed by atoms with Crippen molar-refractivity contribution in [2.24, 2.45) is 17.8 Å². The fraction of sp³-hybridized carbons (Fsp3) is 0.833. The molecule has 0 amide bonds. The van der Waals surface area contributed by atoms with Crippen molar-refractivity contribution < 1.29 is 13.3 Å². The number of hydrogen-bond donors (Lipinski definition) is 0. The number of rotatable bonds is 5. The summed E-state index contributed by atoms with van der Waals surface area (Å²) in [5.41, 5.74) is 0.382. The van der Waals surface area contributed by atoms with Gasteiger partial charge in [0.05, 0.1) is 0 Å². The van der Waals surface area contributed by atoms with E-state index in [0.29, 0.717) is 17.4 Å². The second kappa shape index (κ2) is 4.60. The molecule has 1 saturated carbocycles. The van der Waals surface area contributed by atoms with Crippen LogP contribution in [0.15, 0.2) is 12.2 Å². The van der Waals surface area contributed by atoms with Gasteiger partial charge in [-0.2, -0.15) is 0 Å². The molecule has 0 aromatic rings. The summed E-state index contributed by atoms with van der Waals surface area (Å²) in [7, 11) is 2.66. The summed E-state index contributed by atoms with van der Waals surface area (Å²) in [5.74, 6) is 2.17. The van der Waals surface area contributed by atoms with E-state index in [1.54, 1.807) is 21.3 Å². The van der Waals surface area contributed by atoms with Crippen LogP contribution in [0.25, 0.3) is 0 Å². The highest BCUT2D eigenvalue weighted by atomic mass is 28.4. The van der Waals surface area contributed by atoms with E-state index in [1.165, 1.54) is 12.8 Å². The minimum Gasteiger partial charge on any atom is -0.377 e. The van der Waals surface area contributed by atoms with E-state index in [9.17, 15) is 0 Å². The average molecular weight is 242 g/mol. The fourth-order valence-corrected chi connectivity index (χ4v) is 5.99. The van der Waals surface area contributed by atoms with Crippen molar-refractivity contribution in [1.29, 1.82) is 0 Å². The molecule has 4 atom stereocenters. The minimum absolute atomic E-state index is 0.382. The Bertz CT molecular complexity index is 267. The Labute approximate surface area is 99.1 Å². The Hall–Kier alpha value is -0.163. The second-order valence-electron chi connectivity index (χ2n) is 4.95. The van der Waals surface area contributed by atoms with Crippen LogP contribution in [0.4, 0.5) is 0 Å². The third-order valence-electron chi connectivity index (χ3n) is 4.38. The fourth-order valence-electron chi connectivity index (χ4n) is 3.47. The van der Waals surface area contributed by atoms with Crippen molar-refractivity contribution in [3.63, 3.8) is 0 Å². The van der Waals surface area contributed by atoms with Crippen LogP contribution in [-0.2, 0) is 13.3 Å². The van der Waals surface area contributed by atoms with Crippen molar-refractivity contribution >= 4 is 8.80 Å². The van der Waals surface area contributed by atoms with Crippen molar-refractivity contribution in [2.75, 3.05) is 21.3 Å². The van der Waals surface area contributed by atoms with Gasteiger partial charge in [0.25, 0.3) is 0 Å². The summed E-state index contributed by atoms with van der Waals surface area (Å²) in [5, 5.41) is 0. The molecule has 0 spiro atoms. The molecule has 16 heavy (non-hydrogen) atoms. The molecule has 1 fully saturated rings. The van der Waals surface area contributed by atoms with Gasteiger partial charge in [-0.3, -0.25) is 0 Å². The SMILES string of the molecule is CO[Si](OC)(OC)C(C)C1CC2C=CC1C2. The lowest BCUT2D eigenvalue weighted by Crippen LogP contribution is -2.49. The normalized spacial score (nSPS) is 34.6. The molecule has 0 radical (unpaired) electrons. The quantitative estimate of drug-likeness (QED) is 0.547. The summed E-state index contributed by atoms with van der Waals surface area (Å²) in [4.78, 5) is 0. The van der Waals surface area contributed by atoms with Gasteiger partial charge >= 0.3 is 8.80 Å². The lowest BCUT2D eigenvalue weighted by molar-refractivity contribution is 0.101. The van der Waals surface area contributed by atoms with Crippen LogP contribution in [0.3, 0.4) is 0 Å². The highest BCUT2D eigenvalue weighted by Gasteiger charge is 2.52. The summed E-state index contributed by atoms with van der Waals surface area (Å²) in [6.45, 7) is 2.22. The molecule has 0 saturated heterocycles. The lowest BCUT2D eigenvalue weighted by atomic mass is 9.91. The number of fused-ring (bicyclic) bond motifs is 2. The van der Waals surface area contributed by atoms with Crippen LogP contribution in [-0.4, -0.2) is 30.1 Å². The molecular formula is C12H22O3Si. The molecule has 3 nitrogen and oxygen atoms in total. The summed E-state index contributed by atoms with van der Waals surface area (Å²) < 4.78 is 16.8. The summed E-state index contributed by atoms with van der Waals surface area (Å²) in [6.07, 6.45) is 7.32. The zero-order chi connectivity index (χ0) is 11.8. The van der Waals surface area contributed by atoms with E-state index >= 15 is 0 Å². The third kappa shape index (κ3) is 1.78. The van der Waals surface area contributed by atoms with Crippen molar-refractivity contribution in [2.45, 2.75) is 25.3 Å². The molecule has 0 N–H and O–H groups in total. The van der Waals surface area contributed by atoms with Crippen LogP contribution in [0, 0.1) is 17.8 Å². The zero-order valence-electron chi connectivity index (χ0n) is 10.6. The van der Waals surface area contributed by atoms with Gasteiger partial charge in [0.2, 0.25) is 0 Å². The van der Waals surface area contributed by atoms with Crippen LogP contribution in [0.1, 0.15) is 19.8 Å². The van der Waals surface area contributed by atoms with Gasteiger partial charge in [0.15, 0.2) is 0 Å².